The minimum atomic E-state index is 0.819. The second-order valence-corrected chi connectivity index (χ2v) is 5.69. The summed E-state index contributed by atoms with van der Waals surface area (Å²) in [4.78, 5) is 1.38. The van der Waals surface area contributed by atoms with Crippen LogP contribution in [0.1, 0.15) is 37.7 Å². The van der Waals surface area contributed by atoms with Crippen LogP contribution in [-0.4, -0.2) is 5.25 Å². The van der Waals surface area contributed by atoms with Gasteiger partial charge in [0, 0.05) is 15.8 Å². The molecule has 0 atom stereocenters. The van der Waals surface area contributed by atoms with Crippen molar-refractivity contribution in [1.29, 1.82) is 0 Å². The molecule has 0 radical (unpaired) electrons. The van der Waals surface area contributed by atoms with E-state index in [1.807, 2.05) is 17.8 Å². The molecule has 1 aromatic rings. The van der Waals surface area contributed by atoms with Gasteiger partial charge in [0.05, 0.1) is 0 Å². The fraction of sp³-hybridized carbons (Fsp3) is 0.538. The minimum Gasteiger partial charge on any atom is -0.398 e. The molecule has 0 aromatic heterocycles. The van der Waals surface area contributed by atoms with Crippen LogP contribution in [0.2, 0.25) is 0 Å². The Labute approximate surface area is 96.4 Å². The second-order valence-electron chi connectivity index (χ2n) is 4.35. The third-order valence-corrected chi connectivity index (χ3v) is 4.67. The van der Waals surface area contributed by atoms with Crippen LogP contribution >= 0.6 is 11.8 Å². The molecule has 0 saturated heterocycles. The van der Waals surface area contributed by atoms with Crippen molar-refractivity contribution < 1.29 is 0 Å². The molecule has 15 heavy (non-hydrogen) atoms. The average molecular weight is 221 g/mol. The summed E-state index contributed by atoms with van der Waals surface area (Å²) in [5, 5.41) is 0.819. The second kappa shape index (κ2) is 4.93. The van der Waals surface area contributed by atoms with Crippen molar-refractivity contribution in [2.45, 2.75) is 49.2 Å². The highest BCUT2D eigenvalue weighted by Crippen LogP contribution is 2.36. The highest BCUT2D eigenvalue weighted by Gasteiger charge is 2.15. The Bertz CT molecular complexity index is 329. The number of thioether (sulfide) groups is 1. The number of hydrogen-bond donors (Lipinski definition) is 1. The van der Waals surface area contributed by atoms with Crippen molar-refractivity contribution in [2.24, 2.45) is 0 Å². The zero-order valence-electron chi connectivity index (χ0n) is 9.33. The summed E-state index contributed by atoms with van der Waals surface area (Å²) in [6.45, 7) is 2.13. The monoisotopic (exact) mass is 221 g/mol. The lowest BCUT2D eigenvalue weighted by molar-refractivity contribution is 0.516. The van der Waals surface area contributed by atoms with Gasteiger partial charge < -0.3 is 5.73 Å². The zero-order chi connectivity index (χ0) is 10.7. The highest BCUT2D eigenvalue weighted by atomic mass is 32.2. The van der Waals surface area contributed by atoms with Gasteiger partial charge in [-0.15, -0.1) is 11.8 Å². The van der Waals surface area contributed by atoms with Crippen LogP contribution in [0.25, 0.3) is 0 Å². The van der Waals surface area contributed by atoms with E-state index in [0.29, 0.717) is 0 Å². The Kier molecular flexibility index (Phi) is 3.57. The number of benzene rings is 1. The van der Waals surface area contributed by atoms with Crippen LogP contribution in [0.15, 0.2) is 23.1 Å². The van der Waals surface area contributed by atoms with Crippen molar-refractivity contribution in [3.8, 4) is 0 Å². The van der Waals surface area contributed by atoms with Crippen LogP contribution in [0.5, 0.6) is 0 Å². The maximum atomic E-state index is 5.91. The largest absolute Gasteiger partial charge is 0.398 e. The van der Waals surface area contributed by atoms with E-state index in [0.717, 1.165) is 10.9 Å². The van der Waals surface area contributed by atoms with Crippen LogP contribution in [-0.2, 0) is 0 Å². The van der Waals surface area contributed by atoms with Crippen molar-refractivity contribution >= 4 is 17.4 Å². The van der Waals surface area contributed by atoms with E-state index in [9.17, 15) is 0 Å². The van der Waals surface area contributed by atoms with Gasteiger partial charge >= 0.3 is 0 Å². The molecule has 1 nitrogen and oxygen atoms in total. The van der Waals surface area contributed by atoms with Gasteiger partial charge in [0.25, 0.3) is 0 Å². The lowest BCUT2D eigenvalue weighted by atomic mass is 10.0. The molecule has 1 aromatic carbocycles. The number of anilines is 1. The van der Waals surface area contributed by atoms with Gasteiger partial charge in [0.2, 0.25) is 0 Å². The van der Waals surface area contributed by atoms with Crippen LogP contribution in [0.4, 0.5) is 5.69 Å². The Hall–Kier alpha value is -0.630. The molecular weight excluding hydrogens is 202 g/mol. The van der Waals surface area contributed by atoms with Crippen molar-refractivity contribution in [3.05, 3.63) is 23.8 Å². The van der Waals surface area contributed by atoms with E-state index in [4.69, 9.17) is 5.73 Å². The summed E-state index contributed by atoms with van der Waals surface area (Å²) >= 11 is 2.03. The first kappa shape index (κ1) is 10.9. The molecule has 0 aliphatic heterocycles. The topological polar surface area (TPSA) is 26.0 Å². The van der Waals surface area contributed by atoms with E-state index in [1.54, 1.807) is 0 Å². The smallest absolute Gasteiger partial charge is 0.0354 e. The summed E-state index contributed by atoms with van der Waals surface area (Å²) in [7, 11) is 0. The van der Waals surface area contributed by atoms with Crippen LogP contribution in [0.3, 0.4) is 0 Å². The first-order valence-electron chi connectivity index (χ1n) is 5.79. The summed E-state index contributed by atoms with van der Waals surface area (Å²) in [5.74, 6) is 0. The standard InChI is InChI=1S/C13H19NS/c1-10-12(14)8-5-9-13(10)15-11-6-3-2-4-7-11/h5,8-9,11H,2-4,6-7,14H2,1H3. The van der Waals surface area contributed by atoms with Crippen LogP contribution < -0.4 is 5.73 Å². The molecule has 0 heterocycles. The lowest BCUT2D eigenvalue weighted by Gasteiger charge is -2.22. The SMILES string of the molecule is Cc1c(N)cccc1SC1CCCCC1. The average Bonchev–Trinajstić information content (AvgIpc) is 2.26. The lowest BCUT2D eigenvalue weighted by Crippen LogP contribution is -2.08. The van der Waals surface area contributed by atoms with E-state index < -0.39 is 0 Å². The third-order valence-electron chi connectivity index (χ3n) is 3.17. The molecule has 1 fully saturated rings. The Balaban J connectivity index is 2.06. The fourth-order valence-electron chi connectivity index (χ4n) is 2.12. The molecule has 0 unspecified atom stereocenters. The molecule has 0 spiro atoms. The van der Waals surface area contributed by atoms with E-state index in [2.05, 4.69) is 19.1 Å². The summed E-state index contributed by atoms with van der Waals surface area (Å²) in [5.41, 5.74) is 8.10. The molecule has 1 aliphatic rings. The van der Waals surface area contributed by atoms with Gasteiger partial charge in [0.1, 0.15) is 0 Å². The summed E-state index contributed by atoms with van der Waals surface area (Å²) < 4.78 is 0. The first-order valence-corrected chi connectivity index (χ1v) is 6.67. The molecule has 2 rings (SSSR count). The molecule has 0 bridgehead atoms. The van der Waals surface area contributed by atoms with Crippen molar-refractivity contribution in [3.63, 3.8) is 0 Å². The van der Waals surface area contributed by atoms with Crippen molar-refractivity contribution in [2.75, 3.05) is 5.73 Å². The summed E-state index contributed by atoms with van der Waals surface area (Å²) in [6.07, 6.45) is 6.98. The van der Waals surface area contributed by atoms with Gasteiger partial charge in [-0.3, -0.25) is 0 Å². The number of nitrogen functional groups attached to an aromatic ring is 1. The van der Waals surface area contributed by atoms with E-state index >= 15 is 0 Å². The van der Waals surface area contributed by atoms with E-state index in [1.165, 1.54) is 42.6 Å². The predicted octanol–water partition coefficient (Wildman–Crippen LogP) is 4.00. The van der Waals surface area contributed by atoms with Gasteiger partial charge in [-0.25, -0.2) is 0 Å². The van der Waals surface area contributed by atoms with E-state index in [-0.39, 0.29) is 0 Å². The molecule has 1 aliphatic carbocycles. The maximum Gasteiger partial charge on any atom is 0.0354 e. The Morgan fingerprint density at radius 1 is 1.20 bits per heavy atom. The molecule has 0 amide bonds. The molecular formula is C13H19NS. The Morgan fingerprint density at radius 2 is 1.93 bits per heavy atom. The number of hydrogen-bond acceptors (Lipinski definition) is 2. The molecule has 82 valence electrons. The summed E-state index contributed by atoms with van der Waals surface area (Å²) in [6, 6.07) is 6.25. The Morgan fingerprint density at radius 3 is 2.67 bits per heavy atom. The predicted molar refractivity (Wildman–Crippen MR) is 68.3 cm³/mol. The molecule has 1 saturated carbocycles. The van der Waals surface area contributed by atoms with Gasteiger partial charge in [0.15, 0.2) is 0 Å². The van der Waals surface area contributed by atoms with Crippen LogP contribution in [0, 0.1) is 6.92 Å². The fourth-order valence-corrected chi connectivity index (χ4v) is 3.50. The van der Waals surface area contributed by atoms with Gasteiger partial charge in [-0.1, -0.05) is 25.3 Å². The molecule has 2 heteroatoms. The van der Waals surface area contributed by atoms with Gasteiger partial charge in [-0.2, -0.15) is 0 Å². The minimum absolute atomic E-state index is 0.819. The third kappa shape index (κ3) is 2.69. The molecule has 2 N–H and O–H groups in total. The normalized spacial score (nSPS) is 17.9. The van der Waals surface area contributed by atoms with Crippen molar-refractivity contribution in [1.82, 2.24) is 0 Å². The maximum absolute atomic E-state index is 5.91. The highest BCUT2D eigenvalue weighted by molar-refractivity contribution is 8.00. The number of nitrogens with two attached hydrogens (primary N) is 1. The first-order chi connectivity index (χ1) is 7.27. The quantitative estimate of drug-likeness (QED) is 0.764. The zero-order valence-corrected chi connectivity index (χ0v) is 10.1. The number of rotatable bonds is 2. The van der Waals surface area contributed by atoms with Gasteiger partial charge in [-0.05, 0) is 37.5 Å².